The van der Waals surface area contributed by atoms with Gasteiger partial charge in [0, 0.05) is 11.1 Å². The number of rotatable bonds is 4. The van der Waals surface area contributed by atoms with Crippen LogP contribution in [0.2, 0.25) is 0 Å². The van der Waals surface area contributed by atoms with Crippen LogP contribution in [0.15, 0.2) is 52.9 Å². The van der Waals surface area contributed by atoms with E-state index in [0.717, 1.165) is 21.2 Å². The van der Waals surface area contributed by atoms with E-state index in [2.05, 4.69) is 22.4 Å². The second-order valence-electron chi connectivity index (χ2n) is 5.41. The first-order valence-electron chi connectivity index (χ1n) is 7.89. The molecule has 0 saturated heterocycles. The van der Waals surface area contributed by atoms with Crippen molar-refractivity contribution in [1.29, 1.82) is 0 Å². The topological polar surface area (TPSA) is 64.1 Å². The van der Waals surface area contributed by atoms with E-state index >= 15 is 0 Å². The number of benzene rings is 2. The van der Waals surface area contributed by atoms with Crippen molar-refractivity contribution in [3.63, 3.8) is 0 Å². The fourth-order valence-corrected chi connectivity index (χ4v) is 4.46. The van der Waals surface area contributed by atoms with Crippen molar-refractivity contribution in [2.75, 3.05) is 11.1 Å². The van der Waals surface area contributed by atoms with Crippen LogP contribution >= 0.6 is 23.1 Å². The first-order valence-corrected chi connectivity index (χ1v) is 9.69. The van der Waals surface area contributed by atoms with E-state index in [-0.39, 0.29) is 5.91 Å². The van der Waals surface area contributed by atoms with E-state index < -0.39 is 5.92 Å². The highest BCUT2D eigenvalue weighted by Gasteiger charge is 2.32. The Balaban J connectivity index is 1.67. The molecule has 0 unspecified atom stereocenters. The summed E-state index contributed by atoms with van der Waals surface area (Å²) in [5.74, 6) is 1.77. The number of aromatic nitrogens is 2. The third-order valence-corrected chi connectivity index (χ3v) is 5.70. The molecule has 0 spiro atoms. The smallest absolute Gasteiger partial charge is 0.238 e. The van der Waals surface area contributed by atoms with E-state index in [9.17, 15) is 4.79 Å². The van der Waals surface area contributed by atoms with E-state index in [1.807, 2.05) is 48.5 Å². The Kier molecular flexibility index (Phi) is 4.42. The Morgan fingerprint density at radius 3 is 2.40 bits per heavy atom. The number of anilines is 1. The van der Waals surface area contributed by atoms with Crippen molar-refractivity contribution < 1.29 is 9.53 Å². The van der Waals surface area contributed by atoms with Crippen LogP contribution in [0.25, 0.3) is 0 Å². The van der Waals surface area contributed by atoms with Gasteiger partial charge in [-0.2, -0.15) is 0 Å². The molecule has 2 heterocycles. The number of carbonyl (C=O) groups is 1. The van der Waals surface area contributed by atoms with Gasteiger partial charge in [-0.3, -0.25) is 10.1 Å². The lowest BCUT2D eigenvalue weighted by Gasteiger charge is -2.27. The molecule has 126 valence electrons. The zero-order valence-corrected chi connectivity index (χ0v) is 15.1. The predicted octanol–water partition coefficient (Wildman–Crippen LogP) is 4.53. The largest absolute Gasteiger partial charge is 0.457 e. The molecule has 1 aliphatic rings. The molecule has 1 aliphatic heterocycles. The summed E-state index contributed by atoms with van der Waals surface area (Å²) in [6, 6.07) is 15.2. The molecular formula is C18H15N3O2S2. The average molecular weight is 369 g/mol. The average Bonchev–Trinajstić information content (AvgIpc) is 3.06. The van der Waals surface area contributed by atoms with E-state index in [4.69, 9.17) is 4.74 Å². The van der Waals surface area contributed by atoms with Gasteiger partial charge in [0.05, 0.1) is 5.92 Å². The molecule has 4 rings (SSSR count). The molecule has 7 heteroatoms. The Labute approximate surface area is 153 Å². The zero-order chi connectivity index (χ0) is 17.2. The summed E-state index contributed by atoms with van der Waals surface area (Å²) in [7, 11) is 0. The maximum Gasteiger partial charge on any atom is 0.238 e. The van der Waals surface area contributed by atoms with Crippen molar-refractivity contribution in [2.45, 2.75) is 17.2 Å². The summed E-state index contributed by atoms with van der Waals surface area (Å²) in [5.41, 5.74) is 1.71. The van der Waals surface area contributed by atoms with Crippen LogP contribution in [-0.2, 0) is 4.79 Å². The molecule has 5 nitrogen and oxygen atoms in total. The van der Waals surface area contributed by atoms with Crippen molar-refractivity contribution in [1.82, 2.24) is 10.2 Å². The number of amides is 1. The van der Waals surface area contributed by atoms with Crippen molar-refractivity contribution >= 4 is 34.1 Å². The van der Waals surface area contributed by atoms with Crippen LogP contribution in [-0.4, -0.2) is 21.9 Å². The first-order chi connectivity index (χ1) is 12.3. The van der Waals surface area contributed by atoms with Gasteiger partial charge >= 0.3 is 0 Å². The van der Waals surface area contributed by atoms with Gasteiger partial charge < -0.3 is 4.74 Å². The summed E-state index contributed by atoms with van der Waals surface area (Å²) < 4.78 is 6.79. The minimum atomic E-state index is -0.438. The number of nitrogens with zero attached hydrogens (tertiary/aromatic N) is 2. The van der Waals surface area contributed by atoms with Gasteiger partial charge in [0.15, 0.2) is 4.34 Å². The summed E-state index contributed by atoms with van der Waals surface area (Å²) in [6.07, 6.45) is 0. The monoisotopic (exact) mass is 369 g/mol. The lowest BCUT2D eigenvalue weighted by molar-refractivity contribution is -0.116. The van der Waals surface area contributed by atoms with Crippen LogP contribution in [0, 0.1) is 0 Å². The van der Waals surface area contributed by atoms with Crippen LogP contribution in [0.1, 0.15) is 24.0 Å². The number of ether oxygens (including phenoxy) is 1. The Morgan fingerprint density at radius 1 is 1.12 bits per heavy atom. The Morgan fingerprint density at radius 2 is 1.76 bits per heavy atom. The molecule has 0 fully saturated rings. The molecule has 1 amide bonds. The molecule has 0 bridgehead atoms. The number of fused-ring (bicyclic) bond motifs is 2. The molecule has 3 aromatic rings. The highest BCUT2D eigenvalue weighted by molar-refractivity contribution is 8.01. The standard InChI is InChI=1S/C18H15N3O2S2/c1-2-24-18-21-20-17(25-18)19-16(22)15-11-7-3-5-9-13(11)23-14-10-6-4-8-12(14)15/h3-10,15H,2H2,1H3,(H,19,20,22). The lowest BCUT2D eigenvalue weighted by atomic mass is 9.87. The van der Waals surface area contributed by atoms with E-state index in [1.165, 1.54) is 11.3 Å². The van der Waals surface area contributed by atoms with Crippen molar-refractivity contribution in [3.8, 4) is 11.5 Å². The van der Waals surface area contributed by atoms with Crippen LogP contribution in [0.5, 0.6) is 11.5 Å². The normalized spacial score (nSPS) is 12.8. The van der Waals surface area contributed by atoms with Crippen molar-refractivity contribution in [2.24, 2.45) is 0 Å². The molecule has 0 radical (unpaired) electrons. The maximum absolute atomic E-state index is 13.0. The first kappa shape index (κ1) is 16.1. The SMILES string of the molecule is CCSc1nnc(NC(=O)C2c3ccccc3Oc3ccccc32)s1. The van der Waals surface area contributed by atoms with Gasteiger partial charge in [-0.15, -0.1) is 10.2 Å². The summed E-state index contributed by atoms with van der Waals surface area (Å²) >= 11 is 3.00. The van der Waals surface area contributed by atoms with Gasteiger partial charge in [-0.25, -0.2) is 0 Å². The maximum atomic E-state index is 13.0. The summed E-state index contributed by atoms with van der Waals surface area (Å²) in [6.45, 7) is 2.06. The lowest BCUT2D eigenvalue weighted by Crippen LogP contribution is -2.25. The second-order valence-corrected chi connectivity index (χ2v) is 7.89. The molecule has 1 N–H and O–H groups in total. The highest BCUT2D eigenvalue weighted by Crippen LogP contribution is 2.44. The Bertz CT molecular complexity index is 880. The number of nitrogens with one attached hydrogen (secondary N) is 1. The van der Waals surface area contributed by atoms with Gasteiger partial charge in [-0.1, -0.05) is 66.4 Å². The summed E-state index contributed by atoms with van der Waals surface area (Å²) in [5, 5.41) is 11.6. The minimum absolute atomic E-state index is 0.132. The number of hydrogen-bond donors (Lipinski definition) is 1. The van der Waals surface area contributed by atoms with Gasteiger partial charge in [0.2, 0.25) is 11.0 Å². The fraction of sp³-hybridized carbons (Fsp3) is 0.167. The predicted molar refractivity (Wildman–Crippen MR) is 99.7 cm³/mol. The molecule has 25 heavy (non-hydrogen) atoms. The van der Waals surface area contributed by atoms with E-state index in [1.54, 1.807) is 11.8 Å². The molecule has 2 aromatic carbocycles. The molecule has 0 atom stereocenters. The van der Waals surface area contributed by atoms with Crippen LogP contribution in [0.3, 0.4) is 0 Å². The van der Waals surface area contributed by atoms with Crippen LogP contribution < -0.4 is 10.1 Å². The molecular weight excluding hydrogens is 354 g/mol. The van der Waals surface area contributed by atoms with Crippen molar-refractivity contribution in [3.05, 3.63) is 59.7 Å². The summed E-state index contributed by atoms with van der Waals surface area (Å²) in [4.78, 5) is 13.0. The number of hydrogen-bond acceptors (Lipinski definition) is 6. The molecule has 1 aromatic heterocycles. The third-order valence-electron chi connectivity index (χ3n) is 3.85. The fourth-order valence-electron chi connectivity index (χ4n) is 2.81. The van der Waals surface area contributed by atoms with E-state index in [0.29, 0.717) is 16.6 Å². The van der Waals surface area contributed by atoms with Gasteiger partial charge in [0.1, 0.15) is 11.5 Å². The minimum Gasteiger partial charge on any atom is -0.457 e. The molecule has 0 saturated carbocycles. The second kappa shape index (κ2) is 6.85. The van der Waals surface area contributed by atoms with Gasteiger partial charge in [-0.05, 0) is 17.9 Å². The Hall–Kier alpha value is -2.38. The van der Waals surface area contributed by atoms with Gasteiger partial charge in [0.25, 0.3) is 0 Å². The molecule has 0 aliphatic carbocycles. The highest BCUT2D eigenvalue weighted by atomic mass is 32.2. The zero-order valence-electron chi connectivity index (χ0n) is 13.4. The van der Waals surface area contributed by atoms with Crippen LogP contribution in [0.4, 0.5) is 5.13 Å². The number of carbonyl (C=O) groups excluding carboxylic acids is 1. The quantitative estimate of drug-likeness (QED) is 0.541. The third kappa shape index (κ3) is 3.12. The number of para-hydroxylation sites is 2. The number of thioether (sulfide) groups is 1.